The van der Waals surface area contributed by atoms with E-state index in [1.807, 2.05) is 0 Å². The van der Waals surface area contributed by atoms with Crippen LogP contribution in [0.15, 0.2) is 12.1 Å². The van der Waals surface area contributed by atoms with Crippen molar-refractivity contribution in [1.29, 1.82) is 0 Å². The van der Waals surface area contributed by atoms with Crippen LogP contribution in [0.4, 0.5) is 11.5 Å². The van der Waals surface area contributed by atoms with Gasteiger partial charge < -0.3 is 16.2 Å². The quantitative estimate of drug-likeness (QED) is 0.533. The molecular weight excluding hydrogens is 214 g/mol. The second-order valence-electron chi connectivity index (χ2n) is 3.53. The molecule has 1 aromatic heterocycles. The molecule has 1 rings (SSSR count). The van der Waals surface area contributed by atoms with E-state index < -0.39 is 0 Å². The lowest BCUT2D eigenvalue weighted by molar-refractivity contribution is 0.183. The van der Waals surface area contributed by atoms with Crippen molar-refractivity contribution >= 4 is 23.1 Å². The van der Waals surface area contributed by atoms with Gasteiger partial charge in [-0.05, 0) is 25.8 Å². The minimum absolute atomic E-state index is 0.260. The maximum atomic E-state index is 9.05. The lowest BCUT2D eigenvalue weighted by atomic mass is 10.2. The fourth-order valence-electron chi connectivity index (χ4n) is 1.22. The van der Waals surface area contributed by atoms with Crippen molar-refractivity contribution in [3.63, 3.8) is 0 Å². The first-order chi connectivity index (χ1) is 7.08. The summed E-state index contributed by atoms with van der Waals surface area (Å²) in [5.41, 5.74) is 6.20. The molecule has 0 bridgehead atoms. The monoisotopic (exact) mass is 229 g/mol. The molecule has 1 aromatic rings. The van der Waals surface area contributed by atoms with Gasteiger partial charge in [0.25, 0.3) is 0 Å². The fraction of sp³-hybridized carbons (Fsp3) is 0.500. The van der Waals surface area contributed by atoms with Gasteiger partial charge in [0.1, 0.15) is 11.0 Å². The fourth-order valence-corrected chi connectivity index (χ4v) is 1.44. The molecule has 0 saturated carbocycles. The van der Waals surface area contributed by atoms with E-state index in [-0.39, 0.29) is 6.10 Å². The van der Waals surface area contributed by atoms with Crippen molar-refractivity contribution in [3.05, 3.63) is 17.3 Å². The maximum absolute atomic E-state index is 9.05. The lowest BCUT2D eigenvalue weighted by Crippen LogP contribution is -2.07. The number of nitrogen functional groups attached to an aromatic ring is 1. The van der Waals surface area contributed by atoms with Gasteiger partial charge in [-0.2, -0.15) is 0 Å². The number of nitrogens with zero attached hydrogens (tertiary/aromatic N) is 1. The van der Waals surface area contributed by atoms with Crippen LogP contribution in [0.3, 0.4) is 0 Å². The number of aliphatic hydroxyl groups is 1. The molecule has 0 spiro atoms. The molecule has 0 aliphatic carbocycles. The number of aliphatic hydroxyl groups excluding tert-OH is 1. The van der Waals surface area contributed by atoms with Crippen molar-refractivity contribution in [2.45, 2.75) is 25.9 Å². The zero-order chi connectivity index (χ0) is 11.3. The minimum Gasteiger partial charge on any atom is -0.399 e. The summed E-state index contributed by atoms with van der Waals surface area (Å²) in [4.78, 5) is 4.06. The molecule has 4 nitrogen and oxygen atoms in total. The van der Waals surface area contributed by atoms with Gasteiger partial charge in [-0.3, -0.25) is 0 Å². The second kappa shape index (κ2) is 5.78. The Morgan fingerprint density at radius 3 is 2.93 bits per heavy atom. The van der Waals surface area contributed by atoms with Crippen molar-refractivity contribution in [3.8, 4) is 0 Å². The number of nitrogens with one attached hydrogen (secondary N) is 1. The summed E-state index contributed by atoms with van der Waals surface area (Å²) >= 11 is 5.74. The Balaban J connectivity index is 2.37. The third-order valence-corrected chi connectivity index (χ3v) is 2.11. The van der Waals surface area contributed by atoms with Gasteiger partial charge in [-0.15, -0.1) is 0 Å². The number of hydrogen-bond donors (Lipinski definition) is 3. The first-order valence-electron chi connectivity index (χ1n) is 4.93. The van der Waals surface area contributed by atoms with Crippen LogP contribution in [0, 0.1) is 0 Å². The Bertz CT molecular complexity index is 297. The summed E-state index contributed by atoms with van der Waals surface area (Å²) in [6.45, 7) is 2.52. The number of pyridine rings is 1. The molecule has 5 heteroatoms. The number of hydrogen-bond acceptors (Lipinski definition) is 4. The Labute approximate surface area is 94.5 Å². The van der Waals surface area contributed by atoms with Crippen LogP contribution in [0.2, 0.25) is 5.15 Å². The van der Waals surface area contributed by atoms with E-state index in [4.69, 9.17) is 22.4 Å². The van der Waals surface area contributed by atoms with Gasteiger partial charge in [0.15, 0.2) is 0 Å². The highest BCUT2D eigenvalue weighted by Gasteiger charge is 1.99. The molecule has 0 radical (unpaired) electrons. The third-order valence-electron chi connectivity index (χ3n) is 1.92. The molecule has 1 heterocycles. The van der Waals surface area contributed by atoms with E-state index in [1.54, 1.807) is 19.1 Å². The summed E-state index contributed by atoms with van der Waals surface area (Å²) in [6, 6.07) is 3.33. The average molecular weight is 230 g/mol. The van der Waals surface area contributed by atoms with E-state index in [9.17, 15) is 0 Å². The molecule has 0 amide bonds. The van der Waals surface area contributed by atoms with Gasteiger partial charge in [-0.25, -0.2) is 4.98 Å². The highest BCUT2D eigenvalue weighted by molar-refractivity contribution is 6.29. The van der Waals surface area contributed by atoms with Gasteiger partial charge >= 0.3 is 0 Å². The molecule has 1 atom stereocenters. The second-order valence-corrected chi connectivity index (χ2v) is 3.91. The maximum Gasteiger partial charge on any atom is 0.133 e. The smallest absolute Gasteiger partial charge is 0.133 e. The van der Waals surface area contributed by atoms with Gasteiger partial charge in [0.05, 0.1) is 6.10 Å². The first-order valence-corrected chi connectivity index (χ1v) is 5.30. The van der Waals surface area contributed by atoms with Crippen LogP contribution in [0.5, 0.6) is 0 Å². The van der Waals surface area contributed by atoms with Crippen LogP contribution < -0.4 is 11.1 Å². The van der Waals surface area contributed by atoms with Crippen molar-refractivity contribution < 1.29 is 5.11 Å². The Morgan fingerprint density at radius 2 is 2.33 bits per heavy atom. The van der Waals surface area contributed by atoms with Crippen molar-refractivity contribution in [2.24, 2.45) is 0 Å². The van der Waals surface area contributed by atoms with E-state index in [1.165, 1.54) is 0 Å². The van der Waals surface area contributed by atoms with E-state index in [2.05, 4.69) is 10.3 Å². The molecule has 0 aliphatic heterocycles. The molecule has 0 aromatic carbocycles. The number of anilines is 2. The van der Waals surface area contributed by atoms with E-state index >= 15 is 0 Å². The van der Waals surface area contributed by atoms with Crippen LogP contribution in [-0.4, -0.2) is 22.7 Å². The zero-order valence-electron chi connectivity index (χ0n) is 8.70. The predicted molar refractivity (Wildman–Crippen MR) is 63.1 cm³/mol. The Morgan fingerprint density at radius 1 is 1.60 bits per heavy atom. The molecule has 0 aliphatic rings. The van der Waals surface area contributed by atoms with Crippen molar-refractivity contribution in [1.82, 2.24) is 4.98 Å². The summed E-state index contributed by atoms with van der Waals surface area (Å²) in [5, 5.41) is 12.5. The number of rotatable bonds is 5. The predicted octanol–water partition coefficient (Wildman–Crippen LogP) is 1.89. The molecule has 0 fully saturated rings. The van der Waals surface area contributed by atoms with Gasteiger partial charge in [0.2, 0.25) is 0 Å². The van der Waals surface area contributed by atoms with Gasteiger partial charge in [-0.1, -0.05) is 11.6 Å². The molecule has 0 saturated heterocycles. The Hall–Kier alpha value is -1.00. The normalized spacial score (nSPS) is 12.5. The van der Waals surface area contributed by atoms with Gasteiger partial charge in [0, 0.05) is 18.3 Å². The summed E-state index contributed by atoms with van der Waals surface area (Å²) < 4.78 is 0. The molecule has 15 heavy (non-hydrogen) atoms. The van der Waals surface area contributed by atoms with Crippen LogP contribution >= 0.6 is 11.6 Å². The lowest BCUT2D eigenvalue weighted by Gasteiger charge is -2.07. The number of nitrogens with two attached hydrogens (primary N) is 1. The van der Waals surface area contributed by atoms with E-state index in [0.29, 0.717) is 16.7 Å². The number of aromatic nitrogens is 1. The largest absolute Gasteiger partial charge is 0.399 e. The molecular formula is C10H16ClN3O. The van der Waals surface area contributed by atoms with Crippen LogP contribution in [0.1, 0.15) is 19.8 Å². The van der Waals surface area contributed by atoms with E-state index in [0.717, 1.165) is 19.4 Å². The minimum atomic E-state index is -0.260. The molecule has 84 valence electrons. The standard InChI is InChI=1S/C10H16ClN3O/c1-7(15)3-2-4-13-10-6-8(12)5-9(11)14-10/h5-7,15H,2-4H2,1H3,(H3,12,13,14). The Kier molecular flexibility index (Phi) is 4.65. The third kappa shape index (κ3) is 4.85. The zero-order valence-corrected chi connectivity index (χ0v) is 9.46. The van der Waals surface area contributed by atoms with Crippen LogP contribution in [-0.2, 0) is 0 Å². The average Bonchev–Trinajstić information content (AvgIpc) is 2.10. The number of halogens is 1. The first kappa shape index (κ1) is 12.1. The highest BCUT2D eigenvalue weighted by atomic mass is 35.5. The molecule has 1 unspecified atom stereocenters. The summed E-state index contributed by atoms with van der Waals surface area (Å²) in [5.74, 6) is 0.672. The van der Waals surface area contributed by atoms with Crippen molar-refractivity contribution in [2.75, 3.05) is 17.6 Å². The summed E-state index contributed by atoms with van der Waals surface area (Å²) in [7, 11) is 0. The SMILES string of the molecule is CC(O)CCCNc1cc(N)cc(Cl)n1. The summed E-state index contributed by atoms with van der Waals surface area (Å²) in [6.07, 6.45) is 1.39. The van der Waals surface area contributed by atoms with Crippen LogP contribution in [0.25, 0.3) is 0 Å². The topological polar surface area (TPSA) is 71.2 Å². The molecule has 4 N–H and O–H groups in total. The highest BCUT2D eigenvalue weighted by Crippen LogP contribution is 2.15.